The van der Waals surface area contributed by atoms with Crippen LogP contribution in [0.1, 0.15) is 17.5 Å². The largest absolute Gasteiger partial charge is 0.475 e. The van der Waals surface area contributed by atoms with Crippen molar-refractivity contribution < 1.29 is 14.3 Å². The van der Waals surface area contributed by atoms with Gasteiger partial charge in [0, 0.05) is 31.7 Å². The minimum absolute atomic E-state index is 0.00104. The maximum Gasteiger partial charge on any atom is 0.371 e. The number of nitrogens with zero attached hydrogens (tertiary/aromatic N) is 2. The molecule has 5 heteroatoms. The van der Waals surface area contributed by atoms with E-state index in [1.807, 2.05) is 0 Å². The lowest BCUT2D eigenvalue weighted by Crippen LogP contribution is -2.50. The third kappa shape index (κ3) is 2.04. The van der Waals surface area contributed by atoms with Crippen molar-refractivity contribution in [1.29, 1.82) is 0 Å². The van der Waals surface area contributed by atoms with Crippen LogP contribution in [0.4, 0.5) is 5.88 Å². The Kier molecular flexibility index (Phi) is 2.87. The Morgan fingerprint density at radius 2 is 2.25 bits per heavy atom. The summed E-state index contributed by atoms with van der Waals surface area (Å²) in [4.78, 5) is 15.1. The fourth-order valence-electron chi connectivity index (χ4n) is 2.06. The first-order valence-electron chi connectivity index (χ1n) is 5.36. The van der Waals surface area contributed by atoms with Crippen LogP contribution < -0.4 is 4.90 Å². The number of likely N-dealkylation sites (N-methyl/N-ethyl adjacent to an activating group) is 1. The molecule has 1 saturated heterocycles. The Bertz CT molecular complexity index is 388. The maximum atomic E-state index is 10.7. The van der Waals surface area contributed by atoms with Gasteiger partial charge in [0.1, 0.15) is 0 Å². The fraction of sp³-hybridized carbons (Fsp3) is 0.545. The minimum Gasteiger partial charge on any atom is -0.475 e. The van der Waals surface area contributed by atoms with Crippen LogP contribution in [0, 0.1) is 0 Å². The highest BCUT2D eigenvalue weighted by atomic mass is 16.4. The molecule has 2 rings (SSSR count). The van der Waals surface area contributed by atoms with Crippen LogP contribution in [0.3, 0.4) is 0 Å². The van der Waals surface area contributed by atoms with E-state index in [4.69, 9.17) is 9.52 Å². The zero-order valence-corrected chi connectivity index (χ0v) is 9.51. The SMILES string of the molecule is CC1CN(C)CCN1c1ccc(C(=O)O)o1. The molecule has 0 aliphatic carbocycles. The Morgan fingerprint density at radius 3 is 2.81 bits per heavy atom. The lowest BCUT2D eigenvalue weighted by Gasteiger charge is -2.38. The van der Waals surface area contributed by atoms with Gasteiger partial charge >= 0.3 is 5.97 Å². The van der Waals surface area contributed by atoms with Crippen LogP contribution in [-0.2, 0) is 0 Å². The van der Waals surface area contributed by atoms with Crippen LogP contribution in [0.5, 0.6) is 0 Å². The van der Waals surface area contributed by atoms with Crippen LogP contribution in [0.2, 0.25) is 0 Å². The molecule has 1 N–H and O–H groups in total. The van der Waals surface area contributed by atoms with Crippen molar-refractivity contribution in [3.8, 4) is 0 Å². The molecule has 1 fully saturated rings. The molecule has 2 heterocycles. The average molecular weight is 224 g/mol. The standard InChI is InChI=1S/C11H16N2O3/c1-8-7-12(2)5-6-13(8)10-4-3-9(16-10)11(14)15/h3-4,8H,5-7H2,1-2H3,(H,14,15). The third-order valence-electron chi connectivity index (χ3n) is 2.92. The third-order valence-corrected chi connectivity index (χ3v) is 2.92. The fourth-order valence-corrected chi connectivity index (χ4v) is 2.06. The highest BCUT2D eigenvalue weighted by molar-refractivity contribution is 5.84. The zero-order chi connectivity index (χ0) is 11.7. The first-order valence-corrected chi connectivity index (χ1v) is 5.36. The van der Waals surface area contributed by atoms with Crippen LogP contribution in [0.15, 0.2) is 16.5 Å². The molecule has 1 aromatic heterocycles. The van der Waals surface area contributed by atoms with Gasteiger partial charge in [0.2, 0.25) is 5.76 Å². The van der Waals surface area contributed by atoms with E-state index < -0.39 is 5.97 Å². The molecule has 0 aromatic carbocycles. The normalized spacial score (nSPS) is 22.4. The van der Waals surface area contributed by atoms with Gasteiger partial charge in [0.15, 0.2) is 5.88 Å². The van der Waals surface area contributed by atoms with E-state index >= 15 is 0 Å². The maximum absolute atomic E-state index is 10.7. The number of carboxylic acid groups (broad SMARTS) is 1. The first kappa shape index (κ1) is 11.0. The van der Waals surface area contributed by atoms with Crippen LogP contribution in [0.25, 0.3) is 0 Å². The van der Waals surface area contributed by atoms with Gasteiger partial charge in [0.25, 0.3) is 0 Å². The van der Waals surface area contributed by atoms with Crippen molar-refractivity contribution in [1.82, 2.24) is 4.90 Å². The smallest absolute Gasteiger partial charge is 0.371 e. The Labute approximate surface area is 94.2 Å². The van der Waals surface area contributed by atoms with Gasteiger partial charge in [-0.2, -0.15) is 0 Å². The molecule has 5 nitrogen and oxygen atoms in total. The second kappa shape index (κ2) is 4.17. The number of hydrogen-bond donors (Lipinski definition) is 1. The average Bonchev–Trinajstić information content (AvgIpc) is 2.66. The number of anilines is 1. The molecule has 0 amide bonds. The molecule has 1 aromatic rings. The number of aromatic carboxylic acids is 1. The van der Waals surface area contributed by atoms with E-state index in [1.54, 1.807) is 6.07 Å². The highest BCUT2D eigenvalue weighted by Gasteiger charge is 2.24. The van der Waals surface area contributed by atoms with Gasteiger partial charge in [0.05, 0.1) is 0 Å². The molecule has 0 radical (unpaired) electrons. The summed E-state index contributed by atoms with van der Waals surface area (Å²) in [6, 6.07) is 3.57. The molecule has 1 aliphatic heterocycles. The van der Waals surface area contributed by atoms with Gasteiger partial charge < -0.3 is 19.3 Å². The lowest BCUT2D eigenvalue weighted by molar-refractivity contribution is 0.0662. The van der Waals surface area contributed by atoms with E-state index in [2.05, 4.69) is 23.8 Å². The summed E-state index contributed by atoms with van der Waals surface area (Å²) < 4.78 is 5.30. The van der Waals surface area contributed by atoms with Crippen LogP contribution in [-0.4, -0.2) is 48.7 Å². The summed E-state index contributed by atoms with van der Waals surface area (Å²) in [5, 5.41) is 8.78. The van der Waals surface area contributed by atoms with Crippen molar-refractivity contribution in [3.63, 3.8) is 0 Å². The lowest BCUT2D eigenvalue weighted by atomic mass is 10.2. The molecule has 0 saturated carbocycles. The van der Waals surface area contributed by atoms with E-state index in [1.165, 1.54) is 6.07 Å². The van der Waals surface area contributed by atoms with E-state index in [-0.39, 0.29) is 5.76 Å². The van der Waals surface area contributed by atoms with Gasteiger partial charge in [-0.3, -0.25) is 0 Å². The van der Waals surface area contributed by atoms with Crippen molar-refractivity contribution >= 4 is 11.9 Å². The number of carbonyl (C=O) groups is 1. The van der Waals surface area contributed by atoms with E-state index in [0.29, 0.717) is 11.9 Å². The van der Waals surface area contributed by atoms with Crippen molar-refractivity contribution in [2.75, 3.05) is 31.6 Å². The van der Waals surface area contributed by atoms with Gasteiger partial charge in [-0.05, 0) is 20.0 Å². The number of rotatable bonds is 2. The van der Waals surface area contributed by atoms with Gasteiger partial charge in [-0.25, -0.2) is 4.79 Å². The molecule has 0 spiro atoms. The van der Waals surface area contributed by atoms with Crippen molar-refractivity contribution in [3.05, 3.63) is 17.9 Å². The topological polar surface area (TPSA) is 56.9 Å². The predicted molar refractivity (Wildman–Crippen MR) is 60.0 cm³/mol. The summed E-state index contributed by atoms with van der Waals surface area (Å²) >= 11 is 0. The molecular formula is C11H16N2O3. The van der Waals surface area contributed by atoms with Gasteiger partial charge in [-0.15, -0.1) is 0 Å². The molecule has 1 atom stereocenters. The number of piperazine rings is 1. The number of furan rings is 1. The summed E-state index contributed by atoms with van der Waals surface area (Å²) in [5.74, 6) is -0.368. The zero-order valence-electron chi connectivity index (χ0n) is 9.51. The molecule has 1 unspecified atom stereocenters. The Balaban J connectivity index is 2.14. The summed E-state index contributed by atoms with van der Waals surface area (Å²) in [6.07, 6.45) is 0. The quantitative estimate of drug-likeness (QED) is 0.815. The van der Waals surface area contributed by atoms with Crippen molar-refractivity contribution in [2.24, 2.45) is 0 Å². The Morgan fingerprint density at radius 1 is 1.50 bits per heavy atom. The minimum atomic E-state index is -1.02. The van der Waals surface area contributed by atoms with Crippen LogP contribution >= 0.6 is 0 Å². The highest BCUT2D eigenvalue weighted by Crippen LogP contribution is 2.22. The molecular weight excluding hydrogens is 208 g/mol. The summed E-state index contributed by atoms with van der Waals surface area (Å²) in [6.45, 7) is 4.90. The van der Waals surface area contributed by atoms with E-state index in [9.17, 15) is 4.79 Å². The summed E-state index contributed by atoms with van der Waals surface area (Å²) in [7, 11) is 2.08. The molecule has 88 valence electrons. The molecule has 1 aliphatic rings. The number of hydrogen-bond acceptors (Lipinski definition) is 4. The first-order chi connectivity index (χ1) is 7.58. The number of carboxylic acids is 1. The second-order valence-corrected chi connectivity index (χ2v) is 4.25. The van der Waals surface area contributed by atoms with Gasteiger partial charge in [-0.1, -0.05) is 0 Å². The van der Waals surface area contributed by atoms with E-state index in [0.717, 1.165) is 19.6 Å². The monoisotopic (exact) mass is 224 g/mol. The molecule has 0 bridgehead atoms. The van der Waals surface area contributed by atoms with Crippen molar-refractivity contribution in [2.45, 2.75) is 13.0 Å². The Hall–Kier alpha value is -1.49. The molecule has 16 heavy (non-hydrogen) atoms. The summed E-state index contributed by atoms with van der Waals surface area (Å²) in [5.41, 5.74) is 0. The second-order valence-electron chi connectivity index (χ2n) is 4.25. The predicted octanol–water partition coefficient (Wildman–Crippen LogP) is 1.12.